The van der Waals surface area contributed by atoms with Crippen molar-refractivity contribution in [2.45, 2.75) is 93.3 Å². The first kappa shape index (κ1) is 26.3. The molecule has 230 valence electrons. The smallest absolute Gasteiger partial charge is 0.0619 e. The highest BCUT2D eigenvalue weighted by Crippen LogP contribution is 2.67. The van der Waals surface area contributed by atoms with Crippen LogP contribution < -0.4 is 0 Å². The number of fused-ring (bicyclic) bond motifs is 10. The Balaban J connectivity index is 1.12. The van der Waals surface area contributed by atoms with Crippen molar-refractivity contribution in [1.29, 1.82) is 0 Å². The first-order valence-electron chi connectivity index (χ1n) is 18.7. The Labute approximate surface area is 282 Å². The third kappa shape index (κ3) is 3.19. The predicted octanol–water partition coefficient (Wildman–Crippen LogP) is 11.7. The molecule has 0 unspecified atom stereocenters. The van der Waals surface area contributed by atoms with Gasteiger partial charge in [0.1, 0.15) is 0 Å². The Morgan fingerprint density at radius 2 is 0.804 bits per heavy atom. The van der Waals surface area contributed by atoms with Crippen molar-refractivity contribution in [3.05, 3.63) is 117 Å². The van der Waals surface area contributed by atoms with Crippen LogP contribution in [-0.4, -0.2) is 0 Å². The molecule has 14 rings (SSSR count). The van der Waals surface area contributed by atoms with Gasteiger partial charge in [0.05, 0.1) is 5.41 Å². The van der Waals surface area contributed by atoms with Gasteiger partial charge in [0, 0.05) is 4.47 Å². The molecule has 8 fully saturated rings. The molecule has 0 aromatic heterocycles. The quantitative estimate of drug-likeness (QED) is 0.173. The van der Waals surface area contributed by atoms with Crippen molar-refractivity contribution in [3.8, 4) is 22.3 Å². The normalized spacial score (nSPS) is 39.5. The van der Waals surface area contributed by atoms with Crippen LogP contribution in [0.3, 0.4) is 0 Å². The van der Waals surface area contributed by atoms with E-state index in [1.807, 2.05) is 0 Å². The summed E-state index contributed by atoms with van der Waals surface area (Å²) in [5.74, 6) is 5.74. The van der Waals surface area contributed by atoms with Crippen molar-refractivity contribution >= 4 is 15.9 Å². The van der Waals surface area contributed by atoms with E-state index in [2.05, 4.69) is 94.8 Å². The van der Waals surface area contributed by atoms with E-state index >= 15 is 0 Å². The van der Waals surface area contributed by atoms with E-state index in [1.165, 1.54) is 115 Å². The molecule has 0 saturated heterocycles. The summed E-state index contributed by atoms with van der Waals surface area (Å²) in [4.78, 5) is 0. The number of halogens is 1. The predicted molar refractivity (Wildman–Crippen MR) is 190 cm³/mol. The van der Waals surface area contributed by atoms with Crippen LogP contribution in [0.1, 0.15) is 110 Å². The van der Waals surface area contributed by atoms with E-state index in [1.54, 1.807) is 22.3 Å². The summed E-state index contributed by atoms with van der Waals surface area (Å²) >= 11 is 3.96. The zero-order chi connectivity index (χ0) is 30.0. The number of hydrogen-bond donors (Lipinski definition) is 0. The average Bonchev–Trinajstić information content (AvgIpc) is 3.49. The van der Waals surface area contributed by atoms with Crippen LogP contribution in [0.25, 0.3) is 22.3 Å². The average molecular weight is 664 g/mol. The van der Waals surface area contributed by atoms with Crippen molar-refractivity contribution in [1.82, 2.24) is 0 Å². The highest BCUT2D eigenvalue weighted by Gasteiger charge is 2.56. The van der Waals surface area contributed by atoms with Crippen LogP contribution in [0.5, 0.6) is 0 Å². The standard InChI is InChI=1S/C45H43Br/c46-34-7-10-38-35-3-1-2-4-39(35)45(42(38)19-34)40-17-32(43-20-26-11-27(21-43)13-28(12-26)22-43)5-8-36(40)37-9-6-33(18-41(37)45)44-23-29-14-30(24-44)16-31(15-29)25-44/h1-10,17-19,26-31H,11-16,20-25H2. The summed E-state index contributed by atoms with van der Waals surface area (Å²) in [6, 6.07) is 32.5. The molecule has 10 aliphatic rings. The molecule has 1 spiro atoms. The van der Waals surface area contributed by atoms with Gasteiger partial charge < -0.3 is 0 Å². The van der Waals surface area contributed by atoms with Gasteiger partial charge in [-0.25, -0.2) is 0 Å². The van der Waals surface area contributed by atoms with Crippen LogP contribution in [0.4, 0.5) is 0 Å². The molecule has 0 radical (unpaired) electrons. The lowest BCUT2D eigenvalue weighted by molar-refractivity contribution is -0.00530. The maximum absolute atomic E-state index is 3.96. The summed E-state index contributed by atoms with van der Waals surface area (Å²) in [5.41, 5.74) is 15.8. The fourth-order valence-corrected chi connectivity index (χ4v) is 15.1. The minimum atomic E-state index is -0.253. The van der Waals surface area contributed by atoms with E-state index in [9.17, 15) is 0 Å². The first-order chi connectivity index (χ1) is 22.5. The van der Waals surface area contributed by atoms with Crippen LogP contribution in [0, 0.1) is 35.5 Å². The van der Waals surface area contributed by atoms with Crippen LogP contribution in [0.2, 0.25) is 0 Å². The van der Waals surface area contributed by atoms with Gasteiger partial charge >= 0.3 is 0 Å². The minimum Gasteiger partial charge on any atom is -0.0619 e. The van der Waals surface area contributed by atoms with Gasteiger partial charge in [-0.15, -0.1) is 0 Å². The highest BCUT2D eigenvalue weighted by atomic mass is 79.9. The monoisotopic (exact) mass is 662 g/mol. The van der Waals surface area contributed by atoms with Crippen LogP contribution in [0.15, 0.2) is 83.3 Å². The van der Waals surface area contributed by atoms with Crippen molar-refractivity contribution in [3.63, 3.8) is 0 Å². The molecule has 4 aromatic carbocycles. The molecule has 0 heterocycles. The number of rotatable bonds is 2. The van der Waals surface area contributed by atoms with Crippen molar-refractivity contribution in [2.24, 2.45) is 35.5 Å². The summed E-state index contributed by atoms with van der Waals surface area (Å²) in [5, 5.41) is 0. The molecule has 0 N–H and O–H groups in total. The molecule has 8 saturated carbocycles. The minimum absolute atomic E-state index is 0.253. The SMILES string of the molecule is Brc1ccc2c(c1)C1(c3ccccc3-2)c2cc(C34CC5CC(CC(C5)C3)C4)ccc2-c2ccc(C34CC5CC(CC(C5)C3)C4)cc21. The summed E-state index contributed by atoms with van der Waals surface area (Å²) < 4.78 is 1.20. The van der Waals surface area contributed by atoms with Crippen LogP contribution in [-0.2, 0) is 16.2 Å². The van der Waals surface area contributed by atoms with E-state index in [0.717, 1.165) is 35.5 Å². The fraction of sp³-hybridized carbons (Fsp3) is 0.467. The second-order valence-electron chi connectivity index (χ2n) is 17.9. The Morgan fingerprint density at radius 1 is 0.413 bits per heavy atom. The van der Waals surface area contributed by atoms with Crippen LogP contribution >= 0.6 is 15.9 Å². The summed E-state index contributed by atoms with van der Waals surface area (Å²) in [6.07, 6.45) is 17.5. The Bertz CT molecular complexity index is 1830. The molecule has 0 atom stereocenters. The van der Waals surface area contributed by atoms with Crippen molar-refractivity contribution < 1.29 is 0 Å². The topological polar surface area (TPSA) is 0 Å². The van der Waals surface area contributed by atoms with Gasteiger partial charge in [-0.05, 0) is 191 Å². The van der Waals surface area contributed by atoms with Gasteiger partial charge in [-0.3, -0.25) is 0 Å². The Hall–Kier alpha value is -2.64. The number of benzene rings is 4. The first-order valence-corrected chi connectivity index (χ1v) is 19.5. The van der Waals surface area contributed by atoms with E-state index in [4.69, 9.17) is 0 Å². The lowest BCUT2D eigenvalue weighted by Gasteiger charge is -2.57. The molecule has 0 amide bonds. The number of hydrogen-bond acceptors (Lipinski definition) is 0. The van der Waals surface area contributed by atoms with Gasteiger partial charge in [-0.1, -0.05) is 82.7 Å². The van der Waals surface area contributed by atoms with Gasteiger partial charge in [-0.2, -0.15) is 0 Å². The van der Waals surface area contributed by atoms with Gasteiger partial charge in [0.15, 0.2) is 0 Å². The summed E-state index contributed by atoms with van der Waals surface area (Å²) in [6.45, 7) is 0. The molecule has 0 aliphatic heterocycles. The molecule has 1 heteroatoms. The van der Waals surface area contributed by atoms with Gasteiger partial charge in [0.2, 0.25) is 0 Å². The third-order valence-corrected chi connectivity index (χ3v) is 15.9. The maximum atomic E-state index is 3.96. The Kier molecular flexibility index (Phi) is 4.97. The zero-order valence-electron chi connectivity index (χ0n) is 26.8. The molecular weight excluding hydrogens is 620 g/mol. The Morgan fingerprint density at radius 3 is 1.28 bits per heavy atom. The second kappa shape index (κ2) is 8.68. The molecule has 4 aromatic rings. The summed E-state index contributed by atoms with van der Waals surface area (Å²) in [7, 11) is 0. The third-order valence-electron chi connectivity index (χ3n) is 15.4. The van der Waals surface area contributed by atoms with Gasteiger partial charge in [0.25, 0.3) is 0 Å². The van der Waals surface area contributed by atoms with Crippen molar-refractivity contribution in [2.75, 3.05) is 0 Å². The molecule has 0 nitrogen and oxygen atoms in total. The molecular formula is C45H43Br. The lowest BCUT2D eigenvalue weighted by atomic mass is 9.48. The molecule has 46 heavy (non-hydrogen) atoms. The van der Waals surface area contributed by atoms with E-state index in [0.29, 0.717) is 10.8 Å². The largest absolute Gasteiger partial charge is 0.0726 e. The fourth-order valence-electron chi connectivity index (χ4n) is 14.7. The maximum Gasteiger partial charge on any atom is 0.0726 e. The molecule has 8 bridgehead atoms. The molecule has 10 aliphatic carbocycles. The van der Waals surface area contributed by atoms with E-state index in [-0.39, 0.29) is 5.41 Å². The van der Waals surface area contributed by atoms with E-state index < -0.39 is 0 Å². The second-order valence-corrected chi connectivity index (χ2v) is 18.8. The lowest BCUT2D eigenvalue weighted by Crippen LogP contribution is -2.48. The highest BCUT2D eigenvalue weighted by molar-refractivity contribution is 9.10. The zero-order valence-corrected chi connectivity index (χ0v) is 28.4.